The molecule has 0 aromatic carbocycles. The maximum absolute atomic E-state index is 12.6. The third-order valence-corrected chi connectivity index (χ3v) is 4.46. The Kier molecular flexibility index (Phi) is 7.57. The quantitative estimate of drug-likeness (QED) is 0.748. The highest BCUT2D eigenvalue weighted by Crippen LogP contribution is 2.32. The number of amides is 2. The van der Waals surface area contributed by atoms with E-state index in [1.54, 1.807) is 20.2 Å². The largest absolute Gasteiger partial charge is 0.477 e. The second-order valence-corrected chi connectivity index (χ2v) is 8.28. The summed E-state index contributed by atoms with van der Waals surface area (Å²) in [7, 11) is 4.55. The Balaban J connectivity index is 3.55. The highest BCUT2D eigenvalue weighted by molar-refractivity contribution is 7.15. The van der Waals surface area contributed by atoms with Crippen molar-refractivity contribution in [3.63, 3.8) is 0 Å². The van der Waals surface area contributed by atoms with Gasteiger partial charge in [-0.15, -0.1) is 11.3 Å². The van der Waals surface area contributed by atoms with E-state index in [-0.39, 0.29) is 28.5 Å². The average molecular weight is 394 g/mol. The van der Waals surface area contributed by atoms with Crippen LogP contribution in [0, 0.1) is 17.3 Å². The van der Waals surface area contributed by atoms with Crippen LogP contribution >= 0.6 is 11.3 Å². The van der Waals surface area contributed by atoms with Gasteiger partial charge >= 0.3 is 5.97 Å². The number of rotatable bonds is 6. The van der Waals surface area contributed by atoms with Crippen molar-refractivity contribution >= 4 is 34.8 Å². The number of carboxylic acid groups (broad SMARTS) is 1. The molecule has 1 N–H and O–H groups in total. The van der Waals surface area contributed by atoms with Crippen molar-refractivity contribution in [1.29, 1.82) is 0 Å². The number of likely N-dealkylation sites (N-methyl/N-ethyl adjacent to an activating group) is 1. The van der Waals surface area contributed by atoms with Gasteiger partial charge in [0.25, 0.3) is 0 Å². The summed E-state index contributed by atoms with van der Waals surface area (Å²) in [5, 5.41) is 9.59. The second kappa shape index (κ2) is 9.02. The lowest BCUT2D eigenvalue weighted by Gasteiger charge is -2.31. The number of carbonyl (C=O) groups excluding carboxylic acids is 2. The van der Waals surface area contributed by atoms with Crippen LogP contribution < -0.4 is 4.90 Å². The third-order valence-electron chi connectivity index (χ3n) is 3.43. The van der Waals surface area contributed by atoms with E-state index in [4.69, 9.17) is 4.74 Å². The fourth-order valence-corrected chi connectivity index (χ4v) is 3.14. The van der Waals surface area contributed by atoms with Gasteiger partial charge in [-0.3, -0.25) is 14.5 Å². The first kappa shape index (κ1) is 22.7. The Morgan fingerprint density at radius 3 is 2.30 bits per heavy atom. The van der Waals surface area contributed by atoms with Crippen molar-refractivity contribution in [3.8, 4) is 11.8 Å². The maximum Gasteiger partial charge on any atom is 0.348 e. The van der Waals surface area contributed by atoms with Crippen LogP contribution in [0.4, 0.5) is 5.69 Å². The summed E-state index contributed by atoms with van der Waals surface area (Å²) < 4.78 is 5.11. The van der Waals surface area contributed by atoms with Gasteiger partial charge in [0.1, 0.15) is 10.9 Å². The third kappa shape index (κ3) is 6.08. The van der Waals surface area contributed by atoms with Gasteiger partial charge in [0.2, 0.25) is 11.8 Å². The van der Waals surface area contributed by atoms with Crippen molar-refractivity contribution in [2.75, 3.05) is 32.7 Å². The fourth-order valence-electron chi connectivity index (χ4n) is 2.29. The topological polar surface area (TPSA) is 87.2 Å². The molecule has 1 rings (SSSR count). The normalized spacial score (nSPS) is 12.0. The molecule has 1 aromatic rings. The molecule has 7 nitrogen and oxygen atoms in total. The lowest BCUT2D eigenvalue weighted by atomic mass is 9.98. The molecule has 0 aliphatic carbocycles. The molecule has 148 valence electrons. The summed E-state index contributed by atoms with van der Waals surface area (Å²) >= 11 is 0.977. The molecule has 0 bridgehead atoms. The Labute approximate surface area is 163 Å². The summed E-state index contributed by atoms with van der Waals surface area (Å²) in [4.78, 5) is 39.7. The van der Waals surface area contributed by atoms with Gasteiger partial charge < -0.3 is 14.7 Å². The van der Waals surface area contributed by atoms with Crippen molar-refractivity contribution in [2.24, 2.45) is 5.41 Å². The van der Waals surface area contributed by atoms with Crippen molar-refractivity contribution in [1.82, 2.24) is 4.90 Å². The van der Waals surface area contributed by atoms with Crippen LogP contribution in [0.25, 0.3) is 0 Å². The summed E-state index contributed by atoms with van der Waals surface area (Å²) in [5.74, 6) is 4.00. The van der Waals surface area contributed by atoms with Crippen LogP contribution in [-0.2, 0) is 14.3 Å². The van der Waals surface area contributed by atoms with Crippen molar-refractivity contribution in [3.05, 3.63) is 15.8 Å². The molecule has 2 amide bonds. The molecule has 0 aliphatic heterocycles. The molecule has 1 heterocycles. The highest BCUT2D eigenvalue weighted by atomic mass is 32.1. The van der Waals surface area contributed by atoms with Gasteiger partial charge in [0.05, 0.1) is 17.2 Å². The summed E-state index contributed by atoms with van der Waals surface area (Å²) in [6.07, 6.45) is 0. The number of anilines is 1. The number of ether oxygens (including phenoxy) is 1. The van der Waals surface area contributed by atoms with Gasteiger partial charge in [-0.05, 0) is 26.8 Å². The van der Waals surface area contributed by atoms with E-state index in [1.165, 1.54) is 23.8 Å². The zero-order valence-corrected chi connectivity index (χ0v) is 17.6. The van der Waals surface area contributed by atoms with Crippen LogP contribution in [0.15, 0.2) is 6.07 Å². The van der Waals surface area contributed by atoms with E-state index in [0.29, 0.717) is 4.88 Å². The maximum atomic E-state index is 12.6. The van der Waals surface area contributed by atoms with Gasteiger partial charge in [-0.1, -0.05) is 11.8 Å². The van der Waals surface area contributed by atoms with Crippen LogP contribution in [0.2, 0.25) is 0 Å². The van der Waals surface area contributed by atoms with Gasteiger partial charge in [-0.2, -0.15) is 0 Å². The van der Waals surface area contributed by atoms with Gasteiger partial charge in [0.15, 0.2) is 0 Å². The smallest absolute Gasteiger partial charge is 0.348 e. The number of methoxy groups -OCH3 is 1. The van der Waals surface area contributed by atoms with Gasteiger partial charge in [0, 0.05) is 33.5 Å². The zero-order valence-electron chi connectivity index (χ0n) is 16.7. The lowest BCUT2D eigenvalue weighted by molar-refractivity contribution is -0.133. The Morgan fingerprint density at radius 1 is 1.30 bits per heavy atom. The number of carboxylic acids is 1. The molecule has 0 spiro atoms. The summed E-state index contributed by atoms with van der Waals surface area (Å²) in [5.41, 5.74) is -0.108. The molecule has 1 unspecified atom stereocenters. The molecule has 0 saturated heterocycles. The molecule has 8 heteroatoms. The summed E-state index contributed by atoms with van der Waals surface area (Å²) in [6.45, 7) is 7.06. The van der Waals surface area contributed by atoms with E-state index in [9.17, 15) is 19.5 Å². The molecule has 0 fully saturated rings. The number of hydrogen-bond donors (Lipinski definition) is 1. The fraction of sp³-hybridized carbons (Fsp3) is 0.526. The first-order valence-corrected chi connectivity index (χ1v) is 9.11. The monoisotopic (exact) mass is 394 g/mol. The van der Waals surface area contributed by atoms with E-state index in [0.717, 1.165) is 11.3 Å². The number of carbonyl (C=O) groups is 3. The molecule has 0 aliphatic rings. The van der Waals surface area contributed by atoms with E-state index < -0.39 is 17.9 Å². The van der Waals surface area contributed by atoms with E-state index >= 15 is 0 Å². The number of hydrogen-bond acceptors (Lipinski definition) is 5. The minimum absolute atomic E-state index is 0.0453. The average Bonchev–Trinajstić information content (AvgIpc) is 2.95. The van der Waals surface area contributed by atoms with Crippen LogP contribution in [0.3, 0.4) is 0 Å². The minimum Gasteiger partial charge on any atom is -0.477 e. The first-order chi connectivity index (χ1) is 12.4. The lowest BCUT2D eigenvalue weighted by Crippen LogP contribution is -2.51. The highest BCUT2D eigenvalue weighted by Gasteiger charge is 2.34. The van der Waals surface area contributed by atoms with Crippen molar-refractivity contribution < 1.29 is 24.2 Å². The first-order valence-electron chi connectivity index (χ1n) is 8.29. The molecule has 27 heavy (non-hydrogen) atoms. The zero-order chi connectivity index (χ0) is 20.9. The molecular formula is C19H26N2O5S. The predicted molar refractivity (Wildman–Crippen MR) is 105 cm³/mol. The molecule has 0 radical (unpaired) electrons. The molecular weight excluding hydrogens is 368 g/mol. The van der Waals surface area contributed by atoms with Crippen LogP contribution in [-0.4, -0.2) is 61.6 Å². The number of thiophene rings is 1. The number of aromatic carboxylic acids is 1. The summed E-state index contributed by atoms with van der Waals surface area (Å²) in [6, 6.07) is 0.568. The van der Waals surface area contributed by atoms with Crippen LogP contribution in [0.1, 0.15) is 42.2 Å². The van der Waals surface area contributed by atoms with Crippen LogP contribution in [0.5, 0.6) is 0 Å². The second-order valence-electron chi connectivity index (χ2n) is 7.22. The molecule has 1 aromatic heterocycles. The Bertz CT molecular complexity index is 780. The SMILES string of the molecule is COCC(C(=O)N(C)C)N(C(C)=O)c1cc(C#CC(C)(C)C)sc1C(=O)O. The van der Waals surface area contributed by atoms with E-state index in [2.05, 4.69) is 11.8 Å². The minimum atomic E-state index is -1.18. The Hall–Kier alpha value is -2.37. The number of nitrogens with zero attached hydrogens (tertiary/aromatic N) is 2. The van der Waals surface area contributed by atoms with E-state index in [1.807, 2.05) is 20.8 Å². The Morgan fingerprint density at radius 2 is 1.89 bits per heavy atom. The van der Waals surface area contributed by atoms with Crippen molar-refractivity contribution in [2.45, 2.75) is 33.7 Å². The molecule has 1 atom stereocenters. The predicted octanol–water partition coefficient (Wildman–Crippen LogP) is 2.30. The standard InChI is InChI=1S/C19H26N2O5S/c1-12(22)21(15(11-26-7)17(23)20(5)6)14-10-13(8-9-19(2,3)4)27-16(14)18(24)25/h10,15H,11H2,1-7H3,(H,24,25). The van der Waals surface area contributed by atoms with Gasteiger partial charge in [-0.25, -0.2) is 4.79 Å². The molecule has 0 saturated carbocycles.